The Kier molecular flexibility index (Phi) is 3.87. The second-order valence-electron chi connectivity index (χ2n) is 5.98. The highest BCUT2D eigenvalue weighted by molar-refractivity contribution is 6.06. The average Bonchev–Trinajstić information content (AvgIpc) is 2.52. The number of nitrogens with one attached hydrogen (secondary N) is 1. The number of ether oxygens (including phenoxy) is 1. The molecule has 24 heavy (non-hydrogen) atoms. The Morgan fingerprint density at radius 1 is 1.12 bits per heavy atom. The van der Waals surface area contributed by atoms with Gasteiger partial charge in [0.15, 0.2) is 5.78 Å². The maximum absolute atomic E-state index is 13.0. The van der Waals surface area contributed by atoms with E-state index in [1.807, 2.05) is 37.3 Å². The van der Waals surface area contributed by atoms with Gasteiger partial charge in [-0.2, -0.15) is 0 Å². The van der Waals surface area contributed by atoms with E-state index >= 15 is 0 Å². The molecule has 0 aliphatic carbocycles. The number of rotatable bonds is 2. The van der Waals surface area contributed by atoms with Gasteiger partial charge in [-0.25, -0.2) is 0 Å². The Hall–Kier alpha value is -2.34. The van der Waals surface area contributed by atoms with E-state index in [2.05, 4.69) is 10.1 Å². The molecular weight excluding hydrogens is 319 g/mol. The average molecular weight is 335 g/mol. The molecule has 126 valence electrons. The normalized spacial score (nSPS) is 23.7. The summed E-state index contributed by atoms with van der Waals surface area (Å²) in [5.41, 5.74) is 0.778. The number of ketones is 1. The van der Waals surface area contributed by atoms with Gasteiger partial charge in [0.25, 0.3) is 0 Å². The van der Waals surface area contributed by atoms with E-state index in [0.717, 1.165) is 5.56 Å². The van der Waals surface area contributed by atoms with Crippen molar-refractivity contribution in [2.45, 2.75) is 31.8 Å². The Morgan fingerprint density at radius 3 is 2.42 bits per heavy atom. The lowest BCUT2D eigenvalue weighted by molar-refractivity contribution is -0.274. The highest BCUT2D eigenvalue weighted by Gasteiger charge is 2.42. The predicted molar refractivity (Wildman–Crippen MR) is 82.8 cm³/mol. The summed E-state index contributed by atoms with van der Waals surface area (Å²) in [6, 6.07) is 12.8. The molecule has 0 spiro atoms. The molecule has 1 aliphatic rings. The summed E-state index contributed by atoms with van der Waals surface area (Å²) < 4.78 is 41.1. The van der Waals surface area contributed by atoms with Gasteiger partial charge in [0, 0.05) is 11.6 Å². The van der Waals surface area contributed by atoms with Crippen molar-refractivity contribution in [2.24, 2.45) is 0 Å². The third-order valence-electron chi connectivity index (χ3n) is 4.28. The molecular formula is C18H16F3NO2. The molecule has 1 heterocycles. The van der Waals surface area contributed by atoms with E-state index in [1.165, 1.54) is 18.2 Å². The van der Waals surface area contributed by atoms with Crippen LogP contribution in [-0.2, 0) is 5.54 Å². The van der Waals surface area contributed by atoms with Gasteiger partial charge in [-0.05, 0) is 43.2 Å². The first kappa shape index (κ1) is 16.5. The summed E-state index contributed by atoms with van der Waals surface area (Å²) in [5, 5.41) is 3.22. The zero-order valence-corrected chi connectivity index (χ0v) is 13.1. The quantitative estimate of drug-likeness (QED) is 0.887. The lowest BCUT2D eigenvalue weighted by atomic mass is 9.77. The van der Waals surface area contributed by atoms with E-state index in [-0.39, 0.29) is 17.6 Å². The summed E-state index contributed by atoms with van der Waals surface area (Å²) >= 11 is 0. The Bertz CT molecular complexity index is 774. The minimum absolute atomic E-state index is 0.180. The van der Waals surface area contributed by atoms with Crippen molar-refractivity contribution in [3.8, 4) is 5.75 Å². The molecule has 0 saturated heterocycles. The van der Waals surface area contributed by atoms with Crippen LogP contribution in [0.1, 0.15) is 41.4 Å². The SMILES string of the molecule is CC1NC(C)(c2ccccc2)C(=O)c2ccc(OC(F)(F)F)cc21. The van der Waals surface area contributed by atoms with Crippen molar-refractivity contribution in [1.29, 1.82) is 0 Å². The number of carbonyl (C=O) groups excluding carboxylic acids is 1. The summed E-state index contributed by atoms with van der Waals surface area (Å²) in [7, 11) is 0. The highest BCUT2D eigenvalue weighted by Crippen LogP contribution is 2.38. The van der Waals surface area contributed by atoms with Crippen molar-refractivity contribution in [3.63, 3.8) is 0 Å². The number of alkyl halides is 3. The summed E-state index contributed by atoms with van der Waals surface area (Å²) in [6.07, 6.45) is -4.76. The zero-order valence-electron chi connectivity index (χ0n) is 13.1. The van der Waals surface area contributed by atoms with Crippen molar-refractivity contribution in [2.75, 3.05) is 0 Å². The summed E-state index contributed by atoms with van der Waals surface area (Å²) in [6.45, 7) is 3.59. The summed E-state index contributed by atoms with van der Waals surface area (Å²) in [4.78, 5) is 13.0. The monoisotopic (exact) mass is 335 g/mol. The third kappa shape index (κ3) is 2.89. The molecule has 2 aromatic carbocycles. The van der Waals surface area contributed by atoms with Crippen LogP contribution in [0.15, 0.2) is 48.5 Å². The van der Waals surface area contributed by atoms with Gasteiger partial charge in [0.2, 0.25) is 0 Å². The molecule has 2 unspecified atom stereocenters. The fraction of sp³-hybridized carbons (Fsp3) is 0.278. The Balaban J connectivity index is 2.02. The van der Waals surface area contributed by atoms with Crippen LogP contribution in [0, 0.1) is 0 Å². The number of fused-ring (bicyclic) bond motifs is 1. The predicted octanol–water partition coefficient (Wildman–Crippen LogP) is 4.35. The molecule has 6 heteroatoms. The van der Waals surface area contributed by atoms with Crippen LogP contribution in [0.2, 0.25) is 0 Å². The second kappa shape index (κ2) is 5.63. The van der Waals surface area contributed by atoms with Crippen LogP contribution in [0.3, 0.4) is 0 Å². The third-order valence-corrected chi connectivity index (χ3v) is 4.28. The van der Waals surface area contributed by atoms with Crippen molar-refractivity contribution in [3.05, 3.63) is 65.2 Å². The van der Waals surface area contributed by atoms with Crippen molar-refractivity contribution < 1.29 is 22.7 Å². The largest absolute Gasteiger partial charge is 0.573 e. The van der Waals surface area contributed by atoms with E-state index in [0.29, 0.717) is 11.1 Å². The lowest BCUT2D eigenvalue weighted by Gasteiger charge is -2.39. The molecule has 1 aliphatic heterocycles. The number of carbonyl (C=O) groups is 1. The van der Waals surface area contributed by atoms with Crippen LogP contribution in [0.25, 0.3) is 0 Å². The molecule has 0 bridgehead atoms. The van der Waals surface area contributed by atoms with Gasteiger partial charge in [-0.15, -0.1) is 13.2 Å². The fourth-order valence-electron chi connectivity index (χ4n) is 3.13. The van der Waals surface area contributed by atoms with Crippen molar-refractivity contribution in [1.82, 2.24) is 5.32 Å². The van der Waals surface area contributed by atoms with Gasteiger partial charge in [0.05, 0.1) is 0 Å². The molecule has 0 saturated carbocycles. The number of hydrogen-bond acceptors (Lipinski definition) is 3. The molecule has 3 rings (SSSR count). The molecule has 1 N–H and O–H groups in total. The van der Waals surface area contributed by atoms with Crippen molar-refractivity contribution >= 4 is 5.78 Å². The molecule has 2 atom stereocenters. The number of Topliss-reactive ketones (excluding diaryl/α,β-unsaturated/α-hetero) is 1. The molecule has 0 aromatic heterocycles. The highest BCUT2D eigenvalue weighted by atomic mass is 19.4. The first-order chi connectivity index (χ1) is 11.2. The number of benzene rings is 2. The smallest absolute Gasteiger partial charge is 0.406 e. The Labute approximate surface area is 137 Å². The number of halogens is 3. The molecule has 0 amide bonds. The second-order valence-corrected chi connectivity index (χ2v) is 5.98. The van der Waals surface area contributed by atoms with Crippen LogP contribution in [-0.4, -0.2) is 12.1 Å². The van der Waals surface area contributed by atoms with Gasteiger partial charge in [-0.1, -0.05) is 30.3 Å². The minimum atomic E-state index is -4.76. The summed E-state index contributed by atoms with van der Waals surface area (Å²) in [5.74, 6) is -0.508. The fourth-order valence-corrected chi connectivity index (χ4v) is 3.13. The Morgan fingerprint density at radius 2 is 1.79 bits per heavy atom. The standard InChI is InChI=1S/C18H16F3NO2/c1-11-15-10-13(24-18(19,20)21)8-9-14(15)16(23)17(2,22-11)12-6-4-3-5-7-12/h3-11,22H,1-2H3. The van der Waals surface area contributed by atoms with Crippen LogP contribution < -0.4 is 10.1 Å². The topological polar surface area (TPSA) is 38.3 Å². The lowest BCUT2D eigenvalue weighted by Crippen LogP contribution is -2.51. The first-order valence-electron chi connectivity index (χ1n) is 7.48. The van der Waals surface area contributed by atoms with Gasteiger partial charge in [0.1, 0.15) is 11.3 Å². The number of hydrogen-bond donors (Lipinski definition) is 1. The van der Waals surface area contributed by atoms with E-state index in [9.17, 15) is 18.0 Å². The molecule has 2 aromatic rings. The van der Waals surface area contributed by atoms with Crippen LogP contribution in [0.5, 0.6) is 5.75 Å². The molecule has 0 fully saturated rings. The van der Waals surface area contributed by atoms with Crippen LogP contribution >= 0.6 is 0 Å². The van der Waals surface area contributed by atoms with E-state index in [4.69, 9.17) is 0 Å². The van der Waals surface area contributed by atoms with Crippen LogP contribution in [0.4, 0.5) is 13.2 Å². The zero-order chi connectivity index (χ0) is 17.5. The van der Waals surface area contributed by atoms with E-state index < -0.39 is 11.9 Å². The van der Waals surface area contributed by atoms with Gasteiger partial charge >= 0.3 is 6.36 Å². The van der Waals surface area contributed by atoms with Gasteiger partial charge < -0.3 is 4.74 Å². The van der Waals surface area contributed by atoms with Gasteiger partial charge in [-0.3, -0.25) is 10.1 Å². The maximum atomic E-state index is 13.0. The molecule has 3 nitrogen and oxygen atoms in total. The van der Waals surface area contributed by atoms with E-state index in [1.54, 1.807) is 6.92 Å². The minimum Gasteiger partial charge on any atom is -0.406 e. The molecule has 0 radical (unpaired) electrons. The first-order valence-corrected chi connectivity index (χ1v) is 7.48. The maximum Gasteiger partial charge on any atom is 0.573 e.